The van der Waals surface area contributed by atoms with Crippen LogP contribution >= 0.6 is 11.6 Å². The van der Waals surface area contributed by atoms with E-state index >= 15 is 0 Å². The Morgan fingerprint density at radius 3 is 2.00 bits per heavy atom. The van der Waals surface area contributed by atoms with Crippen LogP contribution in [0.4, 0.5) is 5.69 Å². The molecule has 3 aromatic carbocycles. The lowest BCUT2D eigenvalue weighted by atomic mass is 9.48. The quantitative estimate of drug-likeness (QED) is 0.299. The van der Waals surface area contributed by atoms with Gasteiger partial charge in [0.25, 0.3) is 5.91 Å². The number of amides is 1. The lowest BCUT2D eigenvalue weighted by Gasteiger charge is -2.57. The number of nitrogens with one attached hydrogen (secondary N) is 1. The maximum Gasteiger partial charge on any atom is 0.256 e. The zero-order chi connectivity index (χ0) is 23.1. The number of carbonyl (C=O) groups excluding carboxylic acids is 1. The van der Waals surface area contributed by atoms with E-state index in [4.69, 9.17) is 11.6 Å². The lowest BCUT2D eigenvalue weighted by molar-refractivity contribution is -0.111. The third kappa shape index (κ3) is 4.09. The first kappa shape index (κ1) is 21.7. The summed E-state index contributed by atoms with van der Waals surface area (Å²) in [6.07, 6.45) is 10.3. The Labute approximate surface area is 207 Å². The fraction of sp³-hybridized carbons (Fsp3) is 0.323. The summed E-state index contributed by atoms with van der Waals surface area (Å²) < 4.78 is 0. The van der Waals surface area contributed by atoms with E-state index in [2.05, 4.69) is 29.6 Å². The second-order valence-electron chi connectivity index (χ2n) is 10.7. The van der Waals surface area contributed by atoms with Crippen molar-refractivity contribution in [3.8, 4) is 0 Å². The van der Waals surface area contributed by atoms with E-state index in [0.29, 0.717) is 16.0 Å². The molecule has 3 heteroatoms. The highest BCUT2D eigenvalue weighted by Gasteiger charge is 2.51. The number of anilines is 1. The number of benzene rings is 3. The van der Waals surface area contributed by atoms with E-state index in [9.17, 15) is 4.79 Å². The highest BCUT2D eigenvalue weighted by molar-refractivity contribution is 6.34. The van der Waals surface area contributed by atoms with Crippen molar-refractivity contribution < 1.29 is 4.79 Å². The predicted octanol–water partition coefficient (Wildman–Crippen LogP) is 7.99. The van der Waals surface area contributed by atoms with Crippen LogP contribution in [0.2, 0.25) is 5.02 Å². The standard InChI is InChI=1S/C31H30ClNO/c32-29-9-5-4-8-25(29)17-28(24-6-2-1-3-7-24)30(34)33-27-12-10-26(11-13-27)31-18-21-14-22(19-31)16-23(15-21)20-31/h1-13,17,21-23H,14-16,18-20H2,(H,33,34)/b28-17+. The molecule has 1 amide bonds. The number of rotatable bonds is 5. The molecule has 0 aliphatic heterocycles. The van der Waals surface area contributed by atoms with Crippen molar-refractivity contribution >= 4 is 34.8 Å². The molecule has 3 aromatic rings. The molecule has 34 heavy (non-hydrogen) atoms. The first-order valence-electron chi connectivity index (χ1n) is 12.5. The third-order valence-corrected chi connectivity index (χ3v) is 8.67. The van der Waals surface area contributed by atoms with E-state index in [1.54, 1.807) is 0 Å². The topological polar surface area (TPSA) is 29.1 Å². The Morgan fingerprint density at radius 2 is 1.38 bits per heavy atom. The second-order valence-corrected chi connectivity index (χ2v) is 11.1. The summed E-state index contributed by atoms with van der Waals surface area (Å²) in [4.78, 5) is 13.4. The highest BCUT2D eigenvalue weighted by atomic mass is 35.5. The van der Waals surface area contributed by atoms with Gasteiger partial charge in [-0.05, 0) is 103 Å². The summed E-state index contributed by atoms with van der Waals surface area (Å²) in [5.41, 5.74) is 4.97. The van der Waals surface area contributed by atoms with Crippen LogP contribution in [0.25, 0.3) is 11.6 Å². The van der Waals surface area contributed by atoms with Crippen molar-refractivity contribution in [2.75, 3.05) is 5.32 Å². The summed E-state index contributed by atoms with van der Waals surface area (Å²) >= 11 is 6.39. The minimum absolute atomic E-state index is 0.131. The first-order chi connectivity index (χ1) is 16.6. The molecule has 0 spiro atoms. The second kappa shape index (κ2) is 8.74. The fourth-order valence-corrected chi connectivity index (χ4v) is 7.41. The number of hydrogen-bond acceptors (Lipinski definition) is 1. The van der Waals surface area contributed by atoms with Gasteiger partial charge in [-0.25, -0.2) is 0 Å². The van der Waals surface area contributed by atoms with Crippen LogP contribution in [0.15, 0.2) is 78.9 Å². The van der Waals surface area contributed by atoms with Gasteiger partial charge in [0, 0.05) is 16.3 Å². The van der Waals surface area contributed by atoms with E-state index in [1.807, 2.05) is 60.7 Å². The average Bonchev–Trinajstić information content (AvgIpc) is 2.83. The molecule has 0 radical (unpaired) electrons. The molecule has 2 nitrogen and oxygen atoms in total. The van der Waals surface area contributed by atoms with Gasteiger partial charge in [-0.3, -0.25) is 4.79 Å². The van der Waals surface area contributed by atoms with E-state index in [0.717, 1.165) is 34.6 Å². The summed E-state index contributed by atoms with van der Waals surface area (Å²) in [6, 6.07) is 26.1. The average molecular weight is 468 g/mol. The van der Waals surface area contributed by atoms with Crippen molar-refractivity contribution in [3.63, 3.8) is 0 Å². The molecule has 4 saturated carbocycles. The van der Waals surface area contributed by atoms with Gasteiger partial charge in [0.15, 0.2) is 0 Å². The van der Waals surface area contributed by atoms with Crippen LogP contribution in [0.3, 0.4) is 0 Å². The molecule has 0 saturated heterocycles. The summed E-state index contributed by atoms with van der Waals surface area (Å²) in [7, 11) is 0. The van der Waals surface area contributed by atoms with Gasteiger partial charge in [-0.2, -0.15) is 0 Å². The molecule has 0 heterocycles. The normalized spacial score (nSPS) is 27.6. The molecule has 4 aliphatic rings. The highest BCUT2D eigenvalue weighted by Crippen LogP contribution is 2.60. The molecule has 7 rings (SSSR count). The molecule has 4 bridgehead atoms. The Balaban J connectivity index is 1.25. The Morgan fingerprint density at radius 1 is 0.794 bits per heavy atom. The molecule has 0 unspecified atom stereocenters. The first-order valence-corrected chi connectivity index (χ1v) is 12.9. The van der Waals surface area contributed by atoms with Crippen molar-refractivity contribution in [1.29, 1.82) is 0 Å². The smallest absolute Gasteiger partial charge is 0.256 e. The predicted molar refractivity (Wildman–Crippen MR) is 141 cm³/mol. The van der Waals surface area contributed by atoms with Gasteiger partial charge in [0.1, 0.15) is 0 Å². The van der Waals surface area contributed by atoms with Gasteiger partial charge < -0.3 is 5.32 Å². The van der Waals surface area contributed by atoms with Crippen LogP contribution in [0.1, 0.15) is 55.2 Å². The molecule has 1 N–H and O–H groups in total. The zero-order valence-electron chi connectivity index (χ0n) is 19.3. The van der Waals surface area contributed by atoms with Gasteiger partial charge in [0.05, 0.1) is 0 Å². The Hall–Kier alpha value is -2.84. The molecule has 0 atom stereocenters. The van der Waals surface area contributed by atoms with Crippen LogP contribution < -0.4 is 5.32 Å². The van der Waals surface area contributed by atoms with Crippen LogP contribution in [-0.4, -0.2) is 5.91 Å². The van der Waals surface area contributed by atoms with Gasteiger partial charge >= 0.3 is 0 Å². The van der Waals surface area contributed by atoms with Crippen LogP contribution in [-0.2, 0) is 10.2 Å². The summed E-state index contributed by atoms with van der Waals surface area (Å²) in [5, 5.41) is 3.76. The third-order valence-electron chi connectivity index (χ3n) is 8.33. The molecular formula is C31H30ClNO. The van der Waals surface area contributed by atoms with E-state index < -0.39 is 0 Å². The molecular weight excluding hydrogens is 438 g/mol. The fourth-order valence-electron chi connectivity index (χ4n) is 7.22. The van der Waals surface area contributed by atoms with Gasteiger partial charge in [-0.1, -0.05) is 72.3 Å². The maximum absolute atomic E-state index is 13.4. The van der Waals surface area contributed by atoms with Gasteiger partial charge in [-0.15, -0.1) is 0 Å². The van der Waals surface area contributed by atoms with Crippen molar-refractivity contribution in [2.45, 2.75) is 43.9 Å². The molecule has 4 fully saturated rings. The Kier molecular flexibility index (Phi) is 5.57. The number of carbonyl (C=O) groups is 1. The minimum Gasteiger partial charge on any atom is -0.322 e. The molecule has 172 valence electrons. The SMILES string of the molecule is O=C(Nc1ccc(C23CC4CC(CC(C4)C2)C3)cc1)/C(=C/c1ccccc1Cl)c1ccccc1. The van der Waals surface area contributed by atoms with Crippen LogP contribution in [0.5, 0.6) is 0 Å². The number of halogens is 1. The van der Waals surface area contributed by atoms with Gasteiger partial charge in [0.2, 0.25) is 0 Å². The molecule has 0 aromatic heterocycles. The van der Waals surface area contributed by atoms with Crippen molar-refractivity contribution in [3.05, 3.63) is 101 Å². The maximum atomic E-state index is 13.4. The molecule has 4 aliphatic carbocycles. The Bertz CT molecular complexity index is 1190. The largest absolute Gasteiger partial charge is 0.322 e. The summed E-state index contributed by atoms with van der Waals surface area (Å²) in [6.45, 7) is 0. The lowest BCUT2D eigenvalue weighted by Crippen LogP contribution is -2.48. The van der Waals surface area contributed by atoms with E-state index in [1.165, 1.54) is 44.1 Å². The minimum atomic E-state index is -0.131. The van der Waals surface area contributed by atoms with Crippen LogP contribution in [0, 0.1) is 17.8 Å². The van der Waals surface area contributed by atoms with Crippen molar-refractivity contribution in [1.82, 2.24) is 0 Å². The zero-order valence-corrected chi connectivity index (χ0v) is 20.1. The summed E-state index contributed by atoms with van der Waals surface area (Å²) in [5.74, 6) is 2.64. The van der Waals surface area contributed by atoms with E-state index in [-0.39, 0.29) is 5.91 Å². The monoisotopic (exact) mass is 467 g/mol. The van der Waals surface area contributed by atoms with Crippen molar-refractivity contribution in [2.24, 2.45) is 17.8 Å². The number of hydrogen-bond donors (Lipinski definition) is 1.